The molecule has 0 fully saturated rings. The lowest BCUT2D eigenvalue weighted by atomic mass is 10.1. The zero-order chi connectivity index (χ0) is 19.1. The minimum absolute atomic E-state index is 0.201. The summed E-state index contributed by atoms with van der Waals surface area (Å²) in [6.07, 6.45) is 0. The number of carboxylic acid groups (broad SMARTS) is 1. The second kappa shape index (κ2) is 6.17. The van der Waals surface area contributed by atoms with Gasteiger partial charge in [-0.1, -0.05) is 6.07 Å². The Bertz CT molecular complexity index is 1210. The zero-order valence-electron chi connectivity index (χ0n) is 14.5. The summed E-state index contributed by atoms with van der Waals surface area (Å²) in [7, 11) is 1.60. The molecule has 6 nitrogen and oxygen atoms in total. The molecule has 0 saturated heterocycles. The van der Waals surface area contributed by atoms with E-state index in [4.69, 9.17) is 10.5 Å². The van der Waals surface area contributed by atoms with Crippen LogP contribution < -0.4 is 10.5 Å². The van der Waals surface area contributed by atoms with Crippen LogP contribution in [0.25, 0.3) is 27.5 Å². The number of nitrogens with zero attached hydrogens (tertiary/aromatic N) is 1. The molecule has 0 aliphatic rings. The molecule has 1 aromatic heterocycles. The van der Waals surface area contributed by atoms with Gasteiger partial charge >= 0.3 is 5.97 Å². The van der Waals surface area contributed by atoms with E-state index in [1.165, 1.54) is 0 Å². The van der Waals surface area contributed by atoms with Crippen molar-refractivity contribution in [3.05, 3.63) is 71.8 Å². The van der Waals surface area contributed by atoms with Crippen molar-refractivity contribution in [2.75, 3.05) is 7.11 Å². The number of amides is 1. The van der Waals surface area contributed by atoms with Gasteiger partial charge in [0.25, 0.3) is 0 Å². The number of nitrogens with two attached hydrogens (primary N) is 1. The lowest BCUT2D eigenvalue weighted by Crippen LogP contribution is -2.10. The van der Waals surface area contributed by atoms with Gasteiger partial charge in [-0.15, -0.1) is 0 Å². The van der Waals surface area contributed by atoms with Gasteiger partial charge in [-0.05, 0) is 48.5 Å². The molecule has 0 spiro atoms. The minimum Gasteiger partial charge on any atom is -0.497 e. The van der Waals surface area contributed by atoms with E-state index < -0.39 is 11.9 Å². The minimum atomic E-state index is -0.990. The van der Waals surface area contributed by atoms with Gasteiger partial charge < -0.3 is 20.1 Å². The summed E-state index contributed by atoms with van der Waals surface area (Å²) in [4.78, 5) is 22.8. The Balaban J connectivity index is 2.08. The molecule has 1 heterocycles. The Morgan fingerprint density at radius 1 is 0.889 bits per heavy atom. The summed E-state index contributed by atoms with van der Waals surface area (Å²) in [6.45, 7) is 0. The van der Waals surface area contributed by atoms with Gasteiger partial charge in [-0.2, -0.15) is 0 Å². The first-order valence-corrected chi connectivity index (χ1v) is 8.25. The zero-order valence-corrected chi connectivity index (χ0v) is 14.5. The average Bonchev–Trinajstić information content (AvgIpc) is 3.00. The van der Waals surface area contributed by atoms with E-state index in [-0.39, 0.29) is 5.56 Å². The van der Waals surface area contributed by atoms with Crippen molar-refractivity contribution in [1.82, 2.24) is 4.57 Å². The number of hydrogen-bond acceptors (Lipinski definition) is 3. The van der Waals surface area contributed by atoms with Crippen LogP contribution in [-0.2, 0) is 0 Å². The second-order valence-corrected chi connectivity index (χ2v) is 6.17. The van der Waals surface area contributed by atoms with Crippen molar-refractivity contribution in [3.63, 3.8) is 0 Å². The van der Waals surface area contributed by atoms with Crippen molar-refractivity contribution in [2.24, 2.45) is 5.73 Å². The molecule has 6 heteroatoms. The molecule has 3 aromatic carbocycles. The largest absolute Gasteiger partial charge is 0.497 e. The number of fused-ring (bicyclic) bond motifs is 3. The molecule has 4 aromatic rings. The van der Waals surface area contributed by atoms with Crippen LogP contribution in [0.2, 0.25) is 0 Å². The van der Waals surface area contributed by atoms with E-state index in [0.717, 1.165) is 27.5 Å². The van der Waals surface area contributed by atoms with E-state index in [2.05, 4.69) is 0 Å². The molecule has 134 valence electrons. The first-order chi connectivity index (χ1) is 13.0. The maximum atomic E-state index is 11.4. The molecule has 0 radical (unpaired) electrons. The Morgan fingerprint density at radius 2 is 1.48 bits per heavy atom. The van der Waals surface area contributed by atoms with Gasteiger partial charge in [0.15, 0.2) is 0 Å². The number of ether oxygens (including phenoxy) is 1. The molecule has 1 amide bonds. The number of aromatic nitrogens is 1. The lowest BCUT2D eigenvalue weighted by molar-refractivity contribution is 0.0696. The van der Waals surface area contributed by atoms with E-state index in [1.54, 1.807) is 43.5 Å². The molecular weight excluding hydrogens is 344 g/mol. The highest BCUT2D eigenvalue weighted by molar-refractivity contribution is 6.11. The van der Waals surface area contributed by atoms with Crippen LogP contribution >= 0.6 is 0 Å². The Labute approximate surface area is 154 Å². The van der Waals surface area contributed by atoms with Gasteiger partial charge in [-0.25, -0.2) is 4.79 Å². The Morgan fingerprint density at radius 3 is 2.07 bits per heavy atom. The van der Waals surface area contributed by atoms with Gasteiger partial charge in [0.05, 0.1) is 23.7 Å². The van der Waals surface area contributed by atoms with Crippen molar-refractivity contribution in [3.8, 4) is 11.4 Å². The topological polar surface area (TPSA) is 94.6 Å². The third-order valence-corrected chi connectivity index (χ3v) is 4.63. The van der Waals surface area contributed by atoms with E-state index in [9.17, 15) is 14.7 Å². The standard InChI is InChI=1S/C21H16N2O4/c1-27-15-7-9-17-16-8-4-13(21(25)26)10-18(16)23(19(17)11-15)14-5-2-12(3-6-14)20(22)24/h2-11H,1H3,(H2,22,24)(H,25,26). The van der Waals surface area contributed by atoms with Crippen molar-refractivity contribution in [2.45, 2.75) is 0 Å². The fourth-order valence-electron chi connectivity index (χ4n) is 3.31. The first kappa shape index (κ1) is 16.7. The molecule has 4 rings (SSSR count). The third kappa shape index (κ3) is 2.67. The molecule has 0 atom stereocenters. The van der Waals surface area contributed by atoms with Gasteiger partial charge in [0, 0.05) is 28.1 Å². The predicted octanol–water partition coefficient (Wildman–Crippen LogP) is 3.59. The Hall–Kier alpha value is -3.80. The highest BCUT2D eigenvalue weighted by Crippen LogP contribution is 2.34. The van der Waals surface area contributed by atoms with Crippen LogP contribution in [-0.4, -0.2) is 28.7 Å². The second-order valence-electron chi connectivity index (χ2n) is 6.17. The van der Waals surface area contributed by atoms with Crippen LogP contribution in [0.1, 0.15) is 20.7 Å². The van der Waals surface area contributed by atoms with Crippen LogP contribution in [0, 0.1) is 0 Å². The van der Waals surface area contributed by atoms with Crippen LogP contribution in [0.4, 0.5) is 0 Å². The van der Waals surface area contributed by atoms with Gasteiger partial charge in [0.2, 0.25) is 5.91 Å². The number of methoxy groups -OCH3 is 1. The predicted molar refractivity (Wildman–Crippen MR) is 103 cm³/mol. The highest BCUT2D eigenvalue weighted by Gasteiger charge is 2.15. The summed E-state index contributed by atoms with van der Waals surface area (Å²) >= 11 is 0. The third-order valence-electron chi connectivity index (χ3n) is 4.63. The molecule has 27 heavy (non-hydrogen) atoms. The lowest BCUT2D eigenvalue weighted by Gasteiger charge is -2.09. The normalized spacial score (nSPS) is 11.0. The van der Waals surface area contributed by atoms with Crippen molar-refractivity contribution >= 4 is 33.7 Å². The fourth-order valence-corrected chi connectivity index (χ4v) is 3.31. The number of benzene rings is 3. The number of rotatable bonds is 4. The van der Waals surface area contributed by atoms with E-state index >= 15 is 0 Å². The number of carboxylic acids is 1. The van der Waals surface area contributed by atoms with E-state index in [0.29, 0.717) is 11.3 Å². The van der Waals surface area contributed by atoms with Crippen LogP contribution in [0.3, 0.4) is 0 Å². The van der Waals surface area contributed by atoms with Crippen molar-refractivity contribution < 1.29 is 19.4 Å². The van der Waals surface area contributed by atoms with Crippen molar-refractivity contribution in [1.29, 1.82) is 0 Å². The average molecular weight is 360 g/mol. The van der Waals surface area contributed by atoms with Crippen LogP contribution in [0.15, 0.2) is 60.7 Å². The highest BCUT2D eigenvalue weighted by atomic mass is 16.5. The fraction of sp³-hybridized carbons (Fsp3) is 0.0476. The van der Waals surface area contributed by atoms with Gasteiger partial charge in [0.1, 0.15) is 5.75 Å². The summed E-state index contributed by atoms with van der Waals surface area (Å²) in [5, 5.41) is 11.3. The molecule has 3 N–H and O–H groups in total. The van der Waals surface area contributed by atoms with Gasteiger partial charge in [-0.3, -0.25) is 4.79 Å². The number of aromatic carboxylic acids is 1. The molecule has 0 saturated carbocycles. The molecule has 0 unspecified atom stereocenters. The number of carbonyl (C=O) groups excluding carboxylic acids is 1. The SMILES string of the molecule is COc1ccc2c3ccc(C(=O)O)cc3n(-c3ccc(C(N)=O)cc3)c2c1. The van der Waals surface area contributed by atoms with Crippen LogP contribution in [0.5, 0.6) is 5.75 Å². The molecule has 0 bridgehead atoms. The molecule has 0 aliphatic carbocycles. The van der Waals surface area contributed by atoms with E-state index in [1.807, 2.05) is 28.8 Å². The number of primary amides is 1. The number of carbonyl (C=O) groups is 2. The monoisotopic (exact) mass is 360 g/mol. The smallest absolute Gasteiger partial charge is 0.335 e. The maximum absolute atomic E-state index is 11.4. The first-order valence-electron chi connectivity index (χ1n) is 8.25. The summed E-state index contributed by atoms with van der Waals surface area (Å²) in [5.41, 5.74) is 8.35. The molecule has 0 aliphatic heterocycles. The molecular formula is C21H16N2O4. The maximum Gasteiger partial charge on any atom is 0.335 e. The summed E-state index contributed by atoms with van der Waals surface area (Å²) in [6, 6.07) is 17.6. The Kier molecular flexibility index (Phi) is 3.81. The summed E-state index contributed by atoms with van der Waals surface area (Å²) in [5.74, 6) is -0.798. The quantitative estimate of drug-likeness (QED) is 0.581. The number of hydrogen-bond donors (Lipinski definition) is 2. The summed E-state index contributed by atoms with van der Waals surface area (Å²) < 4.78 is 7.30.